The van der Waals surface area contributed by atoms with Crippen molar-refractivity contribution in [1.29, 1.82) is 0 Å². The number of rotatable bonds is 7. The lowest BCUT2D eigenvalue weighted by Gasteiger charge is -2.37. The molecule has 2 aliphatic rings. The predicted octanol–water partition coefficient (Wildman–Crippen LogP) is 4.41. The Labute approximate surface area is 279 Å². The van der Waals surface area contributed by atoms with Gasteiger partial charge in [0.25, 0.3) is 11.6 Å². The maximum atomic E-state index is 14.1. The van der Waals surface area contributed by atoms with E-state index in [0.717, 1.165) is 10.6 Å². The van der Waals surface area contributed by atoms with Crippen molar-refractivity contribution in [2.45, 2.75) is 78.4 Å². The summed E-state index contributed by atoms with van der Waals surface area (Å²) in [6, 6.07) is 1.99. The highest BCUT2D eigenvalue weighted by Crippen LogP contribution is 2.30. The Morgan fingerprint density at radius 2 is 1.67 bits per heavy atom. The number of pyridine rings is 1. The first kappa shape index (κ1) is 35.8. The third-order valence-electron chi connectivity index (χ3n) is 8.37. The molecule has 3 aromatic heterocycles. The molecule has 2 N–H and O–H groups in total. The third kappa shape index (κ3) is 7.89. The van der Waals surface area contributed by atoms with Crippen LogP contribution in [0.2, 0.25) is 0 Å². The normalized spacial score (nSPS) is 16.7. The number of piperidine rings is 1. The van der Waals surface area contributed by atoms with Crippen molar-refractivity contribution in [3.8, 4) is 0 Å². The van der Waals surface area contributed by atoms with E-state index in [1.165, 1.54) is 13.0 Å². The molecule has 2 fully saturated rings. The number of halogens is 5. The molecule has 0 spiro atoms. The molecule has 5 rings (SSSR count). The summed E-state index contributed by atoms with van der Waals surface area (Å²) in [5, 5.41) is 18.5. The van der Waals surface area contributed by atoms with E-state index < -0.39 is 41.4 Å². The third-order valence-corrected chi connectivity index (χ3v) is 8.37. The van der Waals surface area contributed by atoms with Gasteiger partial charge in [0.05, 0.1) is 17.9 Å². The van der Waals surface area contributed by atoms with Gasteiger partial charge in [0, 0.05) is 45.0 Å². The van der Waals surface area contributed by atoms with Crippen LogP contribution in [0, 0.1) is 6.92 Å². The van der Waals surface area contributed by atoms with Gasteiger partial charge in [0.1, 0.15) is 23.2 Å². The minimum atomic E-state index is -4.63. The molecule has 5 heterocycles. The second kappa shape index (κ2) is 13.8. The SMILES string of the molecule is CCc1c(N2CCN(C(=O)OC(C)(C)C)CC2)c(=O)n2nc(N3CCC(=C(F)F)CC3)nc2n1CC(O)Nc1ccc(C(F)(F)F)nc1C. The number of piperazine rings is 1. The highest BCUT2D eigenvalue weighted by molar-refractivity contribution is 5.69. The molecule has 0 saturated carbocycles. The van der Waals surface area contributed by atoms with Crippen LogP contribution in [0.25, 0.3) is 5.78 Å². The number of aliphatic hydroxyl groups is 1. The molecule has 0 aliphatic carbocycles. The number of amides is 1. The van der Waals surface area contributed by atoms with Crippen LogP contribution in [0.1, 0.15) is 57.6 Å². The Morgan fingerprint density at radius 1 is 1.02 bits per heavy atom. The van der Waals surface area contributed by atoms with Gasteiger partial charge in [-0.3, -0.25) is 4.79 Å². The number of carbonyl (C=O) groups is 1. The van der Waals surface area contributed by atoms with Crippen LogP contribution < -0.4 is 20.7 Å². The minimum absolute atomic E-state index is 0.0196. The number of hydrogen-bond donors (Lipinski definition) is 2. The van der Waals surface area contributed by atoms with Gasteiger partial charge in [-0.15, -0.1) is 5.10 Å². The Bertz CT molecular complexity index is 1780. The van der Waals surface area contributed by atoms with E-state index in [4.69, 9.17) is 4.74 Å². The fourth-order valence-electron chi connectivity index (χ4n) is 5.95. The van der Waals surface area contributed by atoms with Crippen molar-refractivity contribution in [3.63, 3.8) is 0 Å². The molecule has 1 unspecified atom stereocenters. The first-order valence-electron chi connectivity index (χ1n) is 16.0. The van der Waals surface area contributed by atoms with E-state index >= 15 is 0 Å². The Balaban J connectivity index is 1.50. The number of carbonyl (C=O) groups excluding carboxylic acids is 1. The van der Waals surface area contributed by atoms with E-state index in [9.17, 15) is 36.6 Å². The highest BCUT2D eigenvalue weighted by atomic mass is 19.4. The number of anilines is 3. The average Bonchev–Trinajstić information content (AvgIpc) is 3.48. The number of fused-ring (bicyclic) bond motifs is 1. The summed E-state index contributed by atoms with van der Waals surface area (Å²) in [6.07, 6.45) is -7.64. The number of aliphatic hydroxyl groups excluding tert-OH is 1. The molecule has 18 heteroatoms. The molecule has 3 aromatic rings. The zero-order valence-electron chi connectivity index (χ0n) is 27.9. The maximum absolute atomic E-state index is 14.1. The molecule has 49 heavy (non-hydrogen) atoms. The van der Waals surface area contributed by atoms with Crippen LogP contribution in [0.15, 0.2) is 28.6 Å². The summed E-state index contributed by atoms with van der Waals surface area (Å²) in [5.41, 5.74) is -1.18. The summed E-state index contributed by atoms with van der Waals surface area (Å²) in [5.74, 6) is 0.248. The largest absolute Gasteiger partial charge is 0.444 e. The van der Waals surface area contributed by atoms with Gasteiger partial charge >= 0.3 is 12.3 Å². The van der Waals surface area contributed by atoms with Gasteiger partial charge < -0.3 is 34.4 Å². The molecular weight excluding hydrogens is 657 g/mol. The van der Waals surface area contributed by atoms with Crippen LogP contribution in [0.4, 0.5) is 44.1 Å². The molecule has 1 amide bonds. The van der Waals surface area contributed by atoms with E-state index in [2.05, 4.69) is 20.4 Å². The van der Waals surface area contributed by atoms with Crippen LogP contribution >= 0.6 is 0 Å². The molecule has 2 saturated heterocycles. The summed E-state index contributed by atoms with van der Waals surface area (Å²) < 4.78 is 74.2. The molecule has 1 atom stereocenters. The summed E-state index contributed by atoms with van der Waals surface area (Å²) in [4.78, 5) is 40.2. The molecule has 13 nitrogen and oxygen atoms in total. The Hall–Kier alpha value is -4.48. The van der Waals surface area contributed by atoms with Gasteiger partial charge in [-0.05, 0) is 64.7 Å². The monoisotopic (exact) mass is 697 g/mol. The van der Waals surface area contributed by atoms with Crippen LogP contribution in [0.3, 0.4) is 0 Å². The van der Waals surface area contributed by atoms with E-state index in [-0.39, 0.29) is 74.2 Å². The molecule has 0 bridgehead atoms. The first-order valence-corrected chi connectivity index (χ1v) is 16.0. The van der Waals surface area contributed by atoms with Crippen molar-refractivity contribution in [2.24, 2.45) is 0 Å². The number of nitrogens with one attached hydrogen (secondary N) is 1. The van der Waals surface area contributed by atoms with Crippen molar-refractivity contribution < 1.29 is 36.6 Å². The smallest absolute Gasteiger partial charge is 0.433 e. The summed E-state index contributed by atoms with van der Waals surface area (Å²) in [6.45, 7) is 9.89. The van der Waals surface area contributed by atoms with Gasteiger partial charge in [0.2, 0.25) is 11.7 Å². The standard InChI is InChI=1S/C31H40F5N9O4/c1-6-21-24(41-13-15-43(16-14-41)29(48)49-30(3,4)5)26(47)45-28(39-27(40-45)42-11-9-19(10-12-42)25(32)33)44(21)17-23(46)38-20-7-8-22(31(34,35)36)37-18(20)2/h7-8,23,38,46H,6,9-17H2,1-5H3. The van der Waals surface area contributed by atoms with E-state index in [1.807, 2.05) is 11.8 Å². The van der Waals surface area contributed by atoms with Gasteiger partial charge in [-0.2, -0.15) is 31.5 Å². The summed E-state index contributed by atoms with van der Waals surface area (Å²) >= 11 is 0. The number of hydrogen-bond acceptors (Lipinski definition) is 10. The van der Waals surface area contributed by atoms with Crippen LogP contribution in [-0.4, -0.2) is 91.3 Å². The number of alkyl halides is 3. The fraction of sp³-hybridized carbons (Fsp3) is 0.581. The van der Waals surface area contributed by atoms with Gasteiger partial charge in [0.15, 0.2) is 0 Å². The number of nitrogens with zero attached hydrogens (tertiary/aromatic N) is 8. The second-order valence-electron chi connectivity index (χ2n) is 13.0. The molecule has 0 aromatic carbocycles. The van der Waals surface area contributed by atoms with Crippen molar-refractivity contribution >= 4 is 29.2 Å². The van der Waals surface area contributed by atoms with Crippen LogP contribution in [-0.2, 0) is 23.9 Å². The lowest BCUT2D eigenvalue weighted by atomic mass is 10.1. The molecule has 2 aliphatic heterocycles. The average molecular weight is 698 g/mol. The summed E-state index contributed by atoms with van der Waals surface area (Å²) in [7, 11) is 0. The topological polar surface area (TPSA) is 133 Å². The highest BCUT2D eigenvalue weighted by Gasteiger charge is 2.34. The minimum Gasteiger partial charge on any atom is -0.444 e. The fourth-order valence-corrected chi connectivity index (χ4v) is 5.95. The zero-order chi connectivity index (χ0) is 35.8. The van der Waals surface area contributed by atoms with Crippen LogP contribution in [0.5, 0.6) is 0 Å². The van der Waals surface area contributed by atoms with Crippen molar-refractivity contribution in [3.05, 3.63) is 51.2 Å². The van der Waals surface area contributed by atoms with Gasteiger partial charge in [-0.25, -0.2) is 9.78 Å². The Kier molecular flexibility index (Phi) is 10.1. The Morgan fingerprint density at radius 3 is 2.22 bits per heavy atom. The lowest BCUT2D eigenvalue weighted by Crippen LogP contribution is -2.51. The zero-order valence-corrected chi connectivity index (χ0v) is 27.9. The van der Waals surface area contributed by atoms with Crippen molar-refractivity contribution in [1.82, 2.24) is 29.0 Å². The molecule has 268 valence electrons. The quantitative estimate of drug-likeness (QED) is 0.270. The van der Waals surface area contributed by atoms with E-state index in [1.54, 1.807) is 35.1 Å². The number of aryl methyl sites for hydroxylation is 1. The molecule has 0 radical (unpaired) electrons. The maximum Gasteiger partial charge on any atom is 0.433 e. The van der Waals surface area contributed by atoms with E-state index in [0.29, 0.717) is 30.9 Å². The number of aromatic nitrogens is 5. The predicted molar refractivity (Wildman–Crippen MR) is 171 cm³/mol. The molecular formula is C31H40F5N9O4. The lowest BCUT2D eigenvalue weighted by molar-refractivity contribution is -0.141. The van der Waals surface area contributed by atoms with Crippen molar-refractivity contribution in [2.75, 3.05) is 54.4 Å². The first-order chi connectivity index (χ1) is 23.0. The van der Waals surface area contributed by atoms with Gasteiger partial charge in [-0.1, -0.05) is 6.92 Å². The second-order valence-corrected chi connectivity index (χ2v) is 13.0. The number of ether oxygens (including phenoxy) is 1.